The van der Waals surface area contributed by atoms with Gasteiger partial charge in [0.15, 0.2) is 0 Å². The van der Waals surface area contributed by atoms with E-state index in [1.807, 2.05) is 93.6 Å². The Hall–Kier alpha value is -3.75. The highest BCUT2D eigenvalue weighted by Gasteiger charge is 2.34. The molecule has 0 aliphatic rings. The number of carbonyl (C=O) groups is 1. The zero-order chi connectivity index (χ0) is 26.2. The third-order valence-corrected chi connectivity index (χ3v) is 5.65. The maximum Gasteiger partial charge on any atom is 0.306 e. The van der Waals surface area contributed by atoms with Crippen molar-refractivity contribution in [2.45, 2.75) is 51.2 Å². The van der Waals surface area contributed by atoms with E-state index >= 15 is 0 Å². The van der Waals surface area contributed by atoms with E-state index in [1.54, 1.807) is 14.2 Å². The minimum atomic E-state index is -1.38. The first-order valence-electron chi connectivity index (χ1n) is 12.0. The van der Waals surface area contributed by atoms with Crippen LogP contribution in [0.4, 0.5) is 0 Å². The number of rotatable bonds is 8. The van der Waals surface area contributed by atoms with Crippen LogP contribution in [0.15, 0.2) is 72.8 Å². The van der Waals surface area contributed by atoms with Gasteiger partial charge < -0.3 is 19.3 Å². The van der Waals surface area contributed by atoms with E-state index in [0.717, 1.165) is 16.7 Å². The van der Waals surface area contributed by atoms with Gasteiger partial charge in [-0.2, -0.15) is 0 Å². The number of hydrogen-bond acceptors (Lipinski definition) is 5. The van der Waals surface area contributed by atoms with Crippen molar-refractivity contribution in [1.29, 1.82) is 0 Å². The van der Waals surface area contributed by atoms with Gasteiger partial charge in [0, 0.05) is 18.4 Å². The summed E-state index contributed by atoms with van der Waals surface area (Å²) in [6.07, 6.45) is 1.60. The molecule has 0 fully saturated rings. The highest BCUT2D eigenvalue weighted by atomic mass is 16.6. The lowest BCUT2D eigenvalue weighted by Crippen LogP contribution is -2.28. The van der Waals surface area contributed by atoms with E-state index in [9.17, 15) is 9.90 Å². The Bertz CT molecular complexity index is 1140. The SMILES string of the molecule is COc1ccc(C(O)(c2ccc(C#CCCCC(=O)OC(C)(C)C)cc2)c2ccc(OC)cc2)cc1. The first-order chi connectivity index (χ1) is 17.2. The van der Waals surface area contributed by atoms with Crippen molar-refractivity contribution in [3.05, 3.63) is 95.1 Å². The van der Waals surface area contributed by atoms with Gasteiger partial charge in [-0.15, -0.1) is 0 Å². The highest BCUT2D eigenvalue weighted by Crippen LogP contribution is 2.38. The number of unbranched alkanes of at least 4 members (excludes halogenated alkanes) is 1. The number of aliphatic hydroxyl groups is 1. The van der Waals surface area contributed by atoms with Gasteiger partial charge in [-0.3, -0.25) is 4.79 Å². The molecule has 0 spiro atoms. The van der Waals surface area contributed by atoms with Crippen LogP contribution in [-0.2, 0) is 15.1 Å². The molecule has 0 heterocycles. The molecule has 0 saturated heterocycles. The van der Waals surface area contributed by atoms with Gasteiger partial charge >= 0.3 is 5.97 Å². The van der Waals surface area contributed by atoms with Crippen molar-refractivity contribution in [2.75, 3.05) is 14.2 Å². The number of carbonyl (C=O) groups excluding carboxylic acids is 1. The Morgan fingerprint density at radius 1 is 0.778 bits per heavy atom. The average Bonchev–Trinajstić information content (AvgIpc) is 2.87. The van der Waals surface area contributed by atoms with E-state index in [0.29, 0.717) is 36.3 Å². The van der Waals surface area contributed by atoms with Crippen molar-refractivity contribution in [1.82, 2.24) is 0 Å². The van der Waals surface area contributed by atoms with Crippen molar-refractivity contribution < 1.29 is 24.1 Å². The Balaban J connectivity index is 1.79. The minimum absolute atomic E-state index is 0.204. The smallest absolute Gasteiger partial charge is 0.306 e. The monoisotopic (exact) mass is 486 g/mol. The van der Waals surface area contributed by atoms with Crippen LogP contribution in [0.25, 0.3) is 0 Å². The zero-order valence-corrected chi connectivity index (χ0v) is 21.6. The normalized spacial score (nSPS) is 11.3. The van der Waals surface area contributed by atoms with Crippen LogP contribution < -0.4 is 9.47 Å². The molecule has 0 aromatic heterocycles. The van der Waals surface area contributed by atoms with Crippen LogP contribution in [0, 0.1) is 11.8 Å². The Labute approximate surface area is 214 Å². The third kappa shape index (κ3) is 6.90. The summed E-state index contributed by atoms with van der Waals surface area (Å²) < 4.78 is 15.9. The summed E-state index contributed by atoms with van der Waals surface area (Å²) in [5.74, 6) is 7.48. The lowest BCUT2D eigenvalue weighted by Gasteiger charge is -2.30. The molecular weight excluding hydrogens is 452 g/mol. The van der Waals surface area contributed by atoms with E-state index in [-0.39, 0.29) is 5.97 Å². The van der Waals surface area contributed by atoms with Crippen molar-refractivity contribution in [2.24, 2.45) is 0 Å². The van der Waals surface area contributed by atoms with Gasteiger partial charge in [0.2, 0.25) is 0 Å². The molecule has 5 nitrogen and oxygen atoms in total. The van der Waals surface area contributed by atoms with Gasteiger partial charge in [-0.25, -0.2) is 0 Å². The minimum Gasteiger partial charge on any atom is -0.497 e. The van der Waals surface area contributed by atoms with Crippen molar-refractivity contribution in [3.8, 4) is 23.3 Å². The second kappa shape index (κ2) is 11.8. The number of ether oxygens (including phenoxy) is 3. The molecule has 0 unspecified atom stereocenters. The molecule has 188 valence electrons. The average molecular weight is 487 g/mol. The molecule has 0 atom stereocenters. The predicted octanol–water partition coefficient (Wildman–Crippen LogP) is 5.85. The van der Waals surface area contributed by atoms with E-state index in [1.165, 1.54) is 0 Å². The van der Waals surface area contributed by atoms with E-state index in [4.69, 9.17) is 14.2 Å². The van der Waals surface area contributed by atoms with Crippen molar-refractivity contribution >= 4 is 5.97 Å². The molecule has 3 aromatic carbocycles. The summed E-state index contributed by atoms with van der Waals surface area (Å²) in [4.78, 5) is 11.8. The second-order valence-corrected chi connectivity index (χ2v) is 9.49. The predicted molar refractivity (Wildman–Crippen MR) is 141 cm³/mol. The molecule has 0 bridgehead atoms. The summed E-state index contributed by atoms with van der Waals surface area (Å²) in [6, 6.07) is 22.4. The molecule has 0 saturated carbocycles. The fraction of sp³-hybridized carbons (Fsp3) is 0.323. The highest BCUT2D eigenvalue weighted by molar-refractivity contribution is 5.69. The molecule has 0 radical (unpaired) electrons. The second-order valence-electron chi connectivity index (χ2n) is 9.49. The number of hydrogen-bond donors (Lipinski definition) is 1. The first-order valence-corrected chi connectivity index (χ1v) is 12.0. The molecule has 0 aliphatic heterocycles. The van der Waals surface area contributed by atoms with Crippen LogP contribution in [-0.4, -0.2) is 30.9 Å². The van der Waals surface area contributed by atoms with Crippen LogP contribution in [0.3, 0.4) is 0 Å². The summed E-state index contributed by atoms with van der Waals surface area (Å²) in [7, 11) is 3.23. The molecule has 0 amide bonds. The van der Waals surface area contributed by atoms with Crippen LogP contribution in [0.2, 0.25) is 0 Å². The van der Waals surface area contributed by atoms with Gasteiger partial charge in [-0.1, -0.05) is 48.2 Å². The number of esters is 1. The molecule has 0 aliphatic carbocycles. The van der Waals surface area contributed by atoms with Gasteiger partial charge in [0.25, 0.3) is 0 Å². The van der Waals surface area contributed by atoms with Gasteiger partial charge in [0.1, 0.15) is 22.7 Å². The first kappa shape index (κ1) is 26.8. The molecular formula is C31H34O5. The number of methoxy groups -OCH3 is 2. The summed E-state index contributed by atoms with van der Waals surface area (Å²) in [6.45, 7) is 5.58. The molecule has 36 heavy (non-hydrogen) atoms. The fourth-order valence-electron chi connectivity index (χ4n) is 3.84. The molecule has 5 heteroatoms. The number of benzene rings is 3. The maximum atomic E-state index is 12.1. The summed E-state index contributed by atoms with van der Waals surface area (Å²) >= 11 is 0. The van der Waals surface area contributed by atoms with E-state index in [2.05, 4.69) is 11.8 Å². The zero-order valence-electron chi connectivity index (χ0n) is 21.6. The summed E-state index contributed by atoms with van der Waals surface area (Å²) in [5.41, 5.74) is 1.14. The Kier molecular flexibility index (Phi) is 8.79. The lowest BCUT2D eigenvalue weighted by atomic mass is 9.80. The molecule has 3 rings (SSSR count). The molecule has 1 N–H and O–H groups in total. The van der Waals surface area contributed by atoms with Crippen LogP contribution >= 0.6 is 0 Å². The third-order valence-electron chi connectivity index (χ3n) is 5.65. The van der Waals surface area contributed by atoms with Crippen LogP contribution in [0.5, 0.6) is 11.5 Å². The fourth-order valence-corrected chi connectivity index (χ4v) is 3.84. The molecule has 3 aromatic rings. The van der Waals surface area contributed by atoms with E-state index < -0.39 is 11.2 Å². The lowest BCUT2D eigenvalue weighted by molar-refractivity contribution is -0.154. The van der Waals surface area contributed by atoms with Crippen LogP contribution in [0.1, 0.15) is 62.3 Å². The topological polar surface area (TPSA) is 65.0 Å². The standard InChI is InChI=1S/C31H34O5/c1-30(2,3)36-29(32)10-8-6-7-9-23-11-13-24(14-12-23)31(33,25-15-19-27(34-4)20-16-25)26-17-21-28(35-5)22-18-26/h11-22,33H,6,8,10H2,1-5H3. The maximum absolute atomic E-state index is 12.1. The summed E-state index contributed by atoms with van der Waals surface area (Å²) in [5, 5.41) is 12.1. The Morgan fingerprint density at radius 2 is 1.22 bits per heavy atom. The Morgan fingerprint density at radius 3 is 1.64 bits per heavy atom. The van der Waals surface area contributed by atoms with Gasteiger partial charge in [0.05, 0.1) is 14.2 Å². The van der Waals surface area contributed by atoms with Crippen molar-refractivity contribution in [3.63, 3.8) is 0 Å². The van der Waals surface area contributed by atoms with Gasteiger partial charge in [-0.05, 0) is 80.3 Å². The quantitative estimate of drug-likeness (QED) is 0.187. The largest absolute Gasteiger partial charge is 0.497 e.